The van der Waals surface area contributed by atoms with E-state index in [0.29, 0.717) is 11.7 Å². The van der Waals surface area contributed by atoms with E-state index in [0.717, 1.165) is 36.3 Å². The number of hydrogen-bond acceptors (Lipinski definition) is 3. The predicted octanol–water partition coefficient (Wildman–Crippen LogP) is 4.14. The summed E-state index contributed by atoms with van der Waals surface area (Å²) in [6.45, 7) is 1.81. The fraction of sp³-hybridized carbons (Fsp3) is 0.500. The summed E-state index contributed by atoms with van der Waals surface area (Å²) in [6, 6.07) is 6.41. The van der Waals surface area contributed by atoms with Gasteiger partial charge in [0.15, 0.2) is 5.16 Å². The molecule has 1 aromatic carbocycles. The number of carbonyl (C=O) groups is 1. The molecule has 4 rings (SSSR count). The number of amides is 1. The van der Waals surface area contributed by atoms with Gasteiger partial charge in [-0.15, -0.1) is 0 Å². The summed E-state index contributed by atoms with van der Waals surface area (Å²) in [5, 5.41) is 0.719. The van der Waals surface area contributed by atoms with Crippen LogP contribution in [0.1, 0.15) is 32.1 Å². The summed E-state index contributed by atoms with van der Waals surface area (Å²) >= 11 is 1.42. The van der Waals surface area contributed by atoms with Gasteiger partial charge in [0.25, 0.3) is 0 Å². The average molecular weight is 373 g/mol. The highest BCUT2D eigenvalue weighted by atomic mass is 32.2. The molecule has 1 aliphatic carbocycles. The third kappa shape index (κ3) is 3.80. The van der Waals surface area contributed by atoms with Gasteiger partial charge in [-0.3, -0.25) is 9.36 Å². The molecular formula is C20H24FN3OS. The van der Waals surface area contributed by atoms with E-state index >= 15 is 0 Å². The van der Waals surface area contributed by atoms with Crippen LogP contribution in [0.15, 0.2) is 41.8 Å². The van der Waals surface area contributed by atoms with Crippen LogP contribution < -0.4 is 0 Å². The Morgan fingerprint density at radius 3 is 2.92 bits per heavy atom. The van der Waals surface area contributed by atoms with Crippen LogP contribution >= 0.6 is 11.8 Å². The van der Waals surface area contributed by atoms with Crippen LogP contribution in [-0.4, -0.2) is 39.2 Å². The van der Waals surface area contributed by atoms with Crippen molar-refractivity contribution < 1.29 is 9.18 Å². The lowest BCUT2D eigenvalue weighted by Crippen LogP contribution is -2.45. The maximum Gasteiger partial charge on any atom is 0.233 e. The van der Waals surface area contributed by atoms with Crippen molar-refractivity contribution in [1.82, 2.24) is 14.5 Å². The summed E-state index contributed by atoms with van der Waals surface area (Å²) in [4.78, 5) is 19.1. The van der Waals surface area contributed by atoms with Crippen molar-refractivity contribution in [2.24, 2.45) is 11.8 Å². The van der Waals surface area contributed by atoms with Crippen LogP contribution in [0.3, 0.4) is 0 Å². The van der Waals surface area contributed by atoms with E-state index in [1.807, 2.05) is 15.5 Å². The summed E-state index contributed by atoms with van der Waals surface area (Å²) in [7, 11) is 0. The first-order chi connectivity index (χ1) is 12.7. The normalized spacial score (nSPS) is 22.9. The molecule has 2 aromatic rings. The zero-order valence-corrected chi connectivity index (χ0v) is 15.6. The van der Waals surface area contributed by atoms with Gasteiger partial charge in [0.1, 0.15) is 5.82 Å². The first kappa shape index (κ1) is 17.6. The van der Waals surface area contributed by atoms with E-state index in [1.165, 1.54) is 49.6 Å². The Balaban J connectivity index is 1.37. The van der Waals surface area contributed by atoms with Gasteiger partial charge in [-0.25, -0.2) is 9.37 Å². The van der Waals surface area contributed by atoms with Crippen molar-refractivity contribution in [1.29, 1.82) is 0 Å². The highest BCUT2D eigenvalue weighted by Crippen LogP contribution is 2.36. The minimum atomic E-state index is -0.279. The predicted molar refractivity (Wildman–Crippen MR) is 101 cm³/mol. The molecule has 0 bridgehead atoms. The SMILES string of the molecule is O=C(CSc1nccn1-c1cccc(F)c1)N1CC[C@@H]2CCCC[C@@H]2C1. The van der Waals surface area contributed by atoms with Crippen LogP contribution in [0.25, 0.3) is 5.69 Å². The summed E-state index contributed by atoms with van der Waals surface area (Å²) in [5.41, 5.74) is 0.723. The molecule has 1 saturated carbocycles. The molecule has 138 valence electrons. The first-order valence-electron chi connectivity index (χ1n) is 9.40. The molecule has 2 aliphatic rings. The number of likely N-dealkylation sites (tertiary alicyclic amines) is 1. The number of imidazole rings is 1. The highest BCUT2D eigenvalue weighted by Gasteiger charge is 2.32. The van der Waals surface area contributed by atoms with Gasteiger partial charge in [-0.05, 0) is 42.9 Å². The van der Waals surface area contributed by atoms with Gasteiger partial charge in [-0.2, -0.15) is 0 Å². The lowest BCUT2D eigenvalue weighted by Gasteiger charge is -2.41. The van der Waals surface area contributed by atoms with Crippen LogP contribution in [-0.2, 0) is 4.79 Å². The molecule has 0 unspecified atom stereocenters. The Labute approximate surface area is 157 Å². The van der Waals surface area contributed by atoms with Crippen molar-refractivity contribution in [3.05, 3.63) is 42.5 Å². The average Bonchev–Trinajstić information content (AvgIpc) is 3.14. The number of fused-ring (bicyclic) bond motifs is 1. The van der Waals surface area contributed by atoms with E-state index in [4.69, 9.17) is 0 Å². The number of carbonyl (C=O) groups excluding carboxylic acids is 1. The minimum absolute atomic E-state index is 0.188. The molecule has 26 heavy (non-hydrogen) atoms. The first-order valence-corrected chi connectivity index (χ1v) is 10.4. The Hall–Kier alpha value is -1.82. The molecule has 0 radical (unpaired) electrons. The Bertz CT molecular complexity index is 778. The highest BCUT2D eigenvalue weighted by molar-refractivity contribution is 7.99. The van der Waals surface area contributed by atoms with Crippen molar-refractivity contribution in [3.8, 4) is 5.69 Å². The topological polar surface area (TPSA) is 38.1 Å². The molecule has 1 aliphatic heterocycles. The number of aromatic nitrogens is 2. The second-order valence-corrected chi connectivity index (χ2v) is 8.22. The van der Waals surface area contributed by atoms with Crippen molar-refractivity contribution in [2.45, 2.75) is 37.3 Å². The van der Waals surface area contributed by atoms with E-state index < -0.39 is 0 Å². The molecule has 2 fully saturated rings. The maximum absolute atomic E-state index is 13.5. The van der Waals surface area contributed by atoms with Crippen molar-refractivity contribution in [3.63, 3.8) is 0 Å². The number of halogens is 1. The maximum atomic E-state index is 13.5. The van der Waals surface area contributed by atoms with Gasteiger partial charge in [0, 0.05) is 25.5 Å². The van der Waals surface area contributed by atoms with Gasteiger partial charge in [0.2, 0.25) is 5.91 Å². The third-order valence-corrected chi connectivity index (χ3v) is 6.61. The molecule has 0 spiro atoms. The molecule has 1 aromatic heterocycles. The molecule has 6 heteroatoms. The molecule has 1 saturated heterocycles. The second kappa shape index (κ2) is 7.82. The standard InChI is InChI=1S/C20H24FN3OS/c21-17-6-3-7-18(12-17)24-11-9-22-20(24)26-14-19(25)23-10-8-15-4-1-2-5-16(15)13-23/h3,6-7,9,11-12,15-16H,1-2,4-5,8,10,13-14H2/t15-,16+/m0/s1. The summed E-state index contributed by atoms with van der Waals surface area (Å²) in [6.07, 6.45) is 9.91. The molecule has 1 amide bonds. The lowest BCUT2D eigenvalue weighted by molar-refractivity contribution is -0.131. The van der Waals surface area contributed by atoms with Crippen LogP contribution in [0.5, 0.6) is 0 Å². The Kier molecular flexibility index (Phi) is 5.29. The molecule has 2 heterocycles. The lowest BCUT2D eigenvalue weighted by atomic mass is 9.75. The number of benzene rings is 1. The van der Waals surface area contributed by atoms with Gasteiger partial charge >= 0.3 is 0 Å². The summed E-state index contributed by atoms with van der Waals surface area (Å²) < 4.78 is 15.3. The molecule has 0 N–H and O–H groups in total. The number of rotatable bonds is 4. The molecule has 4 nitrogen and oxygen atoms in total. The minimum Gasteiger partial charge on any atom is -0.342 e. The Morgan fingerprint density at radius 1 is 1.23 bits per heavy atom. The number of piperidine rings is 1. The zero-order chi connectivity index (χ0) is 17.9. The fourth-order valence-electron chi connectivity index (χ4n) is 4.26. The largest absolute Gasteiger partial charge is 0.342 e. The second-order valence-electron chi connectivity index (χ2n) is 7.28. The number of nitrogens with zero attached hydrogens (tertiary/aromatic N) is 3. The zero-order valence-electron chi connectivity index (χ0n) is 14.8. The van der Waals surface area contributed by atoms with Crippen LogP contribution in [0, 0.1) is 17.7 Å². The Morgan fingerprint density at radius 2 is 2.08 bits per heavy atom. The molecular weight excluding hydrogens is 349 g/mol. The third-order valence-electron chi connectivity index (χ3n) is 5.66. The monoisotopic (exact) mass is 373 g/mol. The van der Waals surface area contributed by atoms with E-state index in [1.54, 1.807) is 18.5 Å². The summed E-state index contributed by atoms with van der Waals surface area (Å²) in [5.74, 6) is 1.81. The van der Waals surface area contributed by atoms with Crippen molar-refractivity contribution >= 4 is 17.7 Å². The van der Waals surface area contributed by atoms with Crippen molar-refractivity contribution in [2.75, 3.05) is 18.8 Å². The number of hydrogen-bond donors (Lipinski definition) is 0. The van der Waals surface area contributed by atoms with Gasteiger partial charge in [-0.1, -0.05) is 37.1 Å². The smallest absolute Gasteiger partial charge is 0.233 e. The van der Waals surface area contributed by atoms with E-state index in [2.05, 4.69) is 4.98 Å². The van der Waals surface area contributed by atoms with Gasteiger partial charge < -0.3 is 4.90 Å². The quantitative estimate of drug-likeness (QED) is 0.756. The van der Waals surface area contributed by atoms with Crippen LogP contribution in [0.2, 0.25) is 0 Å². The number of thioether (sulfide) groups is 1. The van der Waals surface area contributed by atoms with E-state index in [9.17, 15) is 9.18 Å². The van der Waals surface area contributed by atoms with Crippen LogP contribution in [0.4, 0.5) is 4.39 Å². The molecule has 2 atom stereocenters. The van der Waals surface area contributed by atoms with E-state index in [-0.39, 0.29) is 11.7 Å². The van der Waals surface area contributed by atoms with Gasteiger partial charge in [0.05, 0.1) is 11.4 Å². The fourth-order valence-corrected chi connectivity index (χ4v) is 5.14.